The molecule has 106 valence electrons. The molecule has 1 saturated heterocycles. The molecule has 2 rings (SSSR count). The van der Waals surface area contributed by atoms with Crippen molar-refractivity contribution in [3.8, 4) is 6.01 Å². The number of morpholine rings is 1. The maximum atomic E-state index is 5.61. The van der Waals surface area contributed by atoms with E-state index in [0.29, 0.717) is 43.6 Å². The number of alkyl halides is 1. The molecule has 0 aliphatic carbocycles. The Kier molecular flexibility index (Phi) is 4.98. The summed E-state index contributed by atoms with van der Waals surface area (Å²) in [6.45, 7) is 3.28. The first-order valence-corrected chi connectivity index (χ1v) is 6.69. The molecular formula is C11H18ClN5O2. The van der Waals surface area contributed by atoms with Gasteiger partial charge in [0.1, 0.15) is 6.61 Å². The maximum absolute atomic E-state index is 5.61. The van der Waals surface area contributed by atoms with Gasteiger partial charge in [-0.25, -0.2) is 0 Å². The third-order valence-electron chi connectivity index (χ3n) is 2.59. The fraction of sp³-hybridized carbons (Fsp3) is 0.727. The van der Waals surface area contributed by atoms with Crippen molar-refractivity contribution in [1.82, 2.24) is 15.0 Å². The molecule has 0 spiro atoms. The number of nitrogens with zero attached hydrogens (tertiary/aromatic N) is 5. The second-order valence-corrected chi connectivity index (χ2v) is 4.63. The molecule has 0 N–H and O–H groups in total. The van der Waals surface area contributed by atoms with Crippen LogP contribution in [0, 0.1) is 0 Å². The van der Waals surface area contributed by atoms with Crippen LogP contribution in [0.3, 0.4) is 0 Å². The number of hydrogen-bond donors (Lipinski definition) is 0. The highest BCUT2D eigenvalue weighted by molar-refractivity contribution is 6.17. The van der Waals surface area contributed by atoms with Crippen molar-refractivity contribution in [2.75, 3.05) is 62.7 Å². The van der Waals surface area contributed by atoms with Crippen molar-refractivity contribution < 1.29 is 9.47 Å². The number of ether oxygens (including phenoxy) is 2. The van der Waals surface area contributed by atoms with Crippen molar-refractivity contribution >= 4 is 23.5 Å². The Morgan fingerprint density at radius 1 is 1.26 bits per heavy atom. The molecule has 0 amide bonds. The number of halogens is 1. The summed E-state index contributed by atoms with van der Waals surface area (Å²) in [6.07, 6.45) is 0. The van der Waals surface area contributed by atoms with Crippen LogP contribution in [0.2, 0.25) is 0 Å². The van der Waals surface area contributed by atoms with Gasteiger partial charge in [-0.3, -0.25) is 0 Å². The second-order valence-electron chi connectivity index (χ2n) is 4.25. The second kappa shape index (κ2) is 6.72. The smallest absolute Gasteiger partial charge is 0.323 e. The van der Waals surface area contributed by atoms with Gasteiger partial charge in [0, 0.05) is 27.2 Å². The van der Waals surface area contributed by atoms with E-state index in [0.717, 1.165) is 13.1 Å². The Balaban J connectivity index is 2.22. The van der Waals surface area contributed by atoms with Crippen LogP contribution in [0.1, 0.15) is 0 Å². The van der Waals surface area contributed by atoms with Gasteiger partial charge < -0.3 is 19.3 Å². The molecule has 2 heterocycles. The lowest BCUT2D eigenvalue weighted by molar-refractivity contribution is 0.122. The zero-order chi connectivity index (χ0) is 13.7. The molecule has 8 heteroatoms. The van der Waals surface area contributed by atoms with Crippen LogP contribution >= 0.6 is 11.6 Å². The van der Waals surface area contributed by atoms with E-state index < -0.39 is 0 Å². The summed E-state index contributed by atoms with van der Waals surface area (Å²) in [5.41, 5.74) is 0. The van der Waals surface area contributed by atoms with Gasteiger partial charge in [-0.15, -0.1) is 11.6 Å². The van der Waals surface area contributed by atoms with E-state index >= 15 is 0 Å². The topological polar surface area (TPSA) is 63.6 Å². The number of aromatic nitrogens is 3. The predicted molar refractivity (Wildman–Crippen MR) is 73.4 cm³/mol. The van der Waals surface area contributed by atoms with Crippen LogP contribution in [-0.4, -0.2) is 67.8 Å². The molecule has 1 aromatic rings. The SMILES string of the molecule is CN(C)c1nc(OCCCl)nc(N2CCOCC2)n1. The molecule has 0 saturated carbocycles. The van der Waals surface area contributed by atoms with E-state index in [2.05, 4.69) is 19.9 Å². The van der Waals surface area contributed by atoms with Crippen LogP contribution in [0.15, 0.2) is 0 Å². The Morgan fingerprint density at radius 2 is 2.00 bits per heavy atom. The lowest BCUT2D eigenvalue weighted by Gasteiger charge is -2.27. The fourth-order valence-corrected chi connectivity index (χ4v) is 1.71. The van der Waals surface area contributed by atoms with Gasteiger partial charge in [0.2, 0.25) is 11.9 Å². The number of rotatable bonds is 5. The number of anilines is 2. The van der Waals surface area contributed by atoms with Crippen molar-refractivity contribution in [3.63, 3.8) is 0 Å². The lowest BCUT2D eigenvalue weighted by Crippen LogP contribution is -2.37. The van der Waals surface area contributed by atoms with Crippen molar-refractivity contribution in [3.05, 3.63) is 0 Å². The lowest BCUT2D eigenvalue weighted by atomic mass is 10.4. The summed E-state index contributed by atoms with van der Waals surface area (Å²) in [5.74, 6) is 1.59. The molecule has 1 aliphatic rings. The quantitative estimate of drug-likeness (QED) is 0.726. The van der Waals surface area contributed by atoms with Gasteiger partial charge in [0.15, 0.2) is 0 Å². The summed E-state index contributed by atoms with van der Waals surface area (Å²) in [4.78, 5) is 16.9. The standard InChI is InChI=1S/C11H18ClN5O2/c1-16(2)9-13-10(17-4-7-18-8-5-17)15-11(14-9)19-6-3-12/h3-8H2,1-2H3. The van der Waals surface area contributed by atoms with Crippen LogP contribution in [0.5, 0.6) is 6.01 Å². The fourth-order valence-electron chi connectivity index (χ4n) is 1.63. The molecule has 7 nitrogen and oxygen atoms in total. The van der Waals surface area contributed by atoms with Crippen molar-refractivity contribution in [1.29, 1.82) is 0 Å². The zero-order valence-corrected chi connectivity index (χ0v) is 11.9. The van der Waals surface area contributed by atoms with Crippen LogP contribution < -0.4 is 14.5 Å². The highest BCUT2D eigenvalue weighted by Gasteiger charge is 2.17. The summed E-state index contributed by atoms with van der Waals surface area (Å²) in [5, 5.41) is 0. The van der Waals surface area contributed by atoms with Crippen LogP contribution in [-0.2, 0) is 4.74 Å². The highest BCUT2D eigenvalue weighted by atomic mass is 35.5. The van der Waals surface area contributed by atoms with E-state index in [1.165, 1.54) is 0 Å². The normalized spacial score (nSPS) is 15.4. The predicted octanol–water partition coefficient (Wildman–Crippen LogP) is 0.392. The van der Waals surface area contributed by atoms with Gasteiger partial charge in [-0.1, -0.05) is 0 Å². The molecule has 0 atom stereocenters. The molecule has 0 radical (unpaired) electrons. The third kappa shape index (κ3) is 3.81. The monoisotopic (exact) mass is 287 g/mol. The van der Waals surface area contributed by atoms with Gasteiger partial charge >= 0.3 is 6.01 Å². The minimum absolute atomic E-state index is 0.306. The summed E-state index contributed by atoms with van der Waals surface area (Å²) >= 11 is 5.61. The Hall–Kier alpha value is -1.34. The molecule has 1 aliphatic heterocycles. The van der Waals surface area contributed by atoms with Crippen molar-refractivity contribution in [2.45, 2.75) is 0 Å². The number of hydrogen-bond acceptors (Lipinski definition) is 7. The maximum Gasteiger partial charge on any atom is 0.323 e. The van der Waals surface area contributed by atoms with E-state index in [9.17, 15) is 0 Å². The van der Waals surface area contributed by atoms with Crippen LogP contribution in [0.25, 0.3) is 0 Å². The molecule has 0 bridgehead atoms. The van der Waals surface area contributed by atoms with Gasteiger partial charge in [-0.05, 0) is 0 Å². The Bertz CT molecular complexity index is 412. The Morgan fingerprint density at radius 3 is 2.63 bits per heavy atom. The third-order valence-corrected chi connectivity index (χ3v) is 2.75. The molecule has 19 heavy (non-hydrogen) atoms. The molecule has 1 aromatic heterocycles. The van der Waals surface area contributed by atoms with E-state index in [1.54, 1.807) is 0 Å². The first-order valence-electron chi connectivity index (χ1n) is 6.15. The Labute approximate surface area is 117 Å². The summed E-state index contributed by atoms with van der Waals surface area (Å²) in [6, 6.07) is 0.306. The van der Waals surface area contributed by atoms with Gasteiger partial charge in [0.25, 0.3) is 0 Å². The van der Waals surface area contributed by atoms with Gasteiger partial charge in [-0.2, -0.15) is 15.0 Å². The van der Waals surface area contributed by atoms with Crippen LogP contribution in [0.4, 0.5) is 11.9 Å². The van der Waals surface area contributed by atoms with E-state index in [4.69, 9.17) is 21.1 Å². The van der Waals surface area contributed by atoms with Gasteiger partial charge in [0.05, 0.1) is 19.1 Å². The van der Waals surface area contributed by atoms with E-state index in [1.807, 2.05) is 19.0 Å². The molecule has 0 aromatic carbocycles. The first kappa shape index (κ1) is 14.1. The molecule has 1 fully saturated rings. The minimum Gasteiger partial charge on any atom is -0.462 e. The molecular weight excluding hydrogens is 270 g/mol. The average molecular weight is 288 g/mol. The first-order chi connectivity index (χ1) is 9.20. The average Bonchev–Trinajstić information content (AvgIpc) is 2.45. The highest BCUT2D eigenvalue weighted by Crippen LogP contribution is 2.17. The van der Waals surface area contributed by atoms with Crippen molar-refractivity contribution in [2.24, 2.45) is 0 Å². The zero-order valence-electron chi connectivity index (χ0n) is 11.2. The largest absolute Gasteiger partial charge is 0.462 e. The minimum atomic E-state index is 0.306. The molecule has 0 unspecified atom stereocenters. The van der Waals surface area contributed by atoms with E-state index in [-0.39, 0.29) is 0 Å². The summed E-state index contributed by atoms with van der Waals surface area (Å²) in [7, 11) is 3.76. The summed E-state index contributed by atoms with van der Waals surface area (Å²) < 4.78 is 10.7.